The summed E-state index contributed by atoms with van der Waals surface area (Å²) in [5.74, 6) is 0. The third-order valence-corrected chi connectivity index (χ3v) is 6.30. The smallest absolute Gasteiger partial charge is 0.294 e. The van der Waals surface area contributed by atoms with Gasteiger partial charge in [-0.1, -0.05) is 24.3 Å². The summed E-state index contributed by atoms with van der Waals surface area (Å²) in [6, 6.07) is 4.09. The van der Waals surface area contributed by atoms with E-state index in [4.69, 9.17) is 4.98 Å². The number of rotatable bonds is 4. The van der Waals surface area contributed by atoms with Gasteiger partial charge in [-0.25, -0.2) is 9.67 Å². The molecule has 0 atom stereocenters. The maximum Gasteiger partial charge on any atom is 0.294 e. The summed E-state index contributed by atoms with van der Waals surface area (Å²) in [6.45, 7) is 4.75. The first-order chi connectivity index (χ1) is 11.8. The van der Waals surface area contributed by atoms with Gasteiger partial charge in [-0.15, -0.1) is 11.3 Å². The van der Waals surface area contributed by atoms with Gasteiger partial charge in [-0.05, 0) is 37.1 Å². The fourth-order valence-electron chi connectivity index (χ4n) is 3.11. The van der Waals surface area contributed by atoms with Gasteiger partial charge in [0.15, 0.2) is 10.6 Å². The zero-order valence-corrected chi connectivity index (χ0v) is 15.3. The fourth-order valence-corrected chi connectivity index (χ4v) is 4.99. The number of piperidine rings is 1. The Bertz CT molecular complexity index is 891. The predicted molar refractivity (Wildman–Crippen MR) is 101 cm³/mol. The van der Waals surface area contributed by atoms with Crippen molar-refractivity contribution in [2.75, 3.05) is 18.0 Å². The highest BCUT2D eigenvalue weighted by Crippen LogP contribution is 2.36. The molecule has 5 nitrogen and oxygen atoms in total. The van der Waals surface area contributed by atoms with Crippen molar-refractivity contribution in [2.24, 2.45) is 0 Å². The Hall–Kier alpha value is -1.73. The van der Waals surface area contributed by atoms with Crippen molar-refractivity contribution >= 4 is 38.0 Å². The monoisotopic (exact) mass is 360 g/mol. The second kappa shape index (κ2) is 6.64. The molecule has 0 bridgehead atoms. The van der Waals surface area contributed by atoms with Crippen molar-refractivity contribution in [3.63, 3.8) is 0 Å². The average molecular weight is 361 g/mol. The average Bonchev–Trinajstić information content (AvgIpc) is 3.28. The maximum absolute atomic E-state index is 12.8. The molecule has 3 aromatic heterocycles. The lowest BCUT2D eigenvalue weighted by Crippen LogP contribution is -2.29. The van der Waals surface area contributed by atoms with Gasteiger partial charge in [0.1, 0.15) is 5.69 Å². The normalized spacial score (nSPS) is 15.3. The molecule has 1 saturated heterocycles. The molecule has 0 amide bonds. The van der Waals surface area contributed by atoms with Crippen LogP contribution in [0.15, 0.2) is 22.3 Å². The minimum Gasteiger partial charge on any atom is -0.348 e. The summed E-state index contributed by atoms with van der Waals surface area (Å²) < 4.78 is 2.51. The van der Waals surface area contributed by atoms with E-state index in [-0.39, 0.29) is 5.56 Å². The Morgan fingerprint density at radius 3 is 2.79 bits per heavy atom. The highest BCUT2D eigenvalue weighted by atomic mass is 32.1. The Morgan fingerprint density at radius 2 is 2.08 bits per heavy atom. The minimum absolute atomic E-state index is 0.0633. The molecule has 1 fully saturated rings. The lowest BCUT2D eigenvalue weighted by atomic mass is 10.1. The standard InChI is InChI=1S/C17H20N4OS2/c1-2-8-21-16(22)14-15(13(19-21)12-7-6-11-23-12)24-17(18-14)20-9-4-3-5-10-20/h6-7,11H,2-5,8-10H2,1H3. The molecule has 0 aliphatic carbocycles. The molecule has 7 heteroatoms. The van der Waals surface area contributed by atoms with Crippen LogP contribution >= 0.6 is 22.7 Å². The minimum atomic E-state index is -0.0633. The quantitative estimate of drug-likeness (QED) is 0.706. The molecular formula is C17H20N4OS2. The van der Waals surface area contributed by atoms with E-state index in [1.165, 1.54) is 19.3 Å². The van der Waals surface area contributed by atoms with Crippen LogP contribution in [0.5, 0.6) is 0 Å². The van der Waals surface area contributed by atoms with Crippen molar-refractivity contribution in [3.8, 4) is 10.6 Å². The van der Waals surface area contributed by atoms with Crippen LogP contribution in [0.1, 0.15) is 32.6 Å². The second-order valence-electron chi connectivity index (χ2n) is 6.08. The van der Waals surface area contributed by atoms with Gasteiger partial charge in [0, 0.05) is 19.6 Å². The summed E-state index contributed by atoms with van der Waals surface area (Å²) in [4.78, 5) is 20.9. The zero-order chi connectivity index (χ0) is 16.5. The van der Waals surface area contributed by atoms with Gasteiger partial charge >= 0.3 is 0 Å². The van der Waals surface area contributed by atoms with E-state index >= 15 is 0 Å². The van der Waals surface area contributed by atoms with Crippen LogP contribution in [-0.2, 0) is 6.54 Å². The second-order valence-corrected chi connectivity index (χ2v) is 8.00. The van der Waals surface area contributed by atoms with Crippen LogP contribution in [0.2, 0.25) is 0 Å². The fraction of sp³-hybridized carbons (Fsp3) is 0.471. The number of thiazole rings is 1. The van der Waals surface area contributed by atoms with E-state index in [0.29, 0.717) is 12.1 Å². The maximum atomic E-state index is 12.8. The Balaban J connectivity index is 1.90. The summed E-state index contributed by atoms with van der Waals surface area (Å²) in [6.07, 6.45) is 4.57. The van der Waals surface area contributed by atoms with Gasteiger partial charge < -0.3 is 4.90 Å². The highest BCUT2D eigenvalue weighted by Gasteiger charge is 2.21. The number of thiophene rings is 1. The molecular weight excluding hydrogens is 340 g/mol. The zero-order valence-electron chi connectivity index (χ0n) is 13.7. The first-order valence-electron chi connectivity index (χ1n) is 8.48. The molecule has 0 spiro atoms. The molecule has 24 heavy (non-hydrogen) atoms. The van der Waals surface area contributed by atoms with Crippen molar-refractivity contribution in [3.05, 3.63) is 27.9 Å². The Labute approximate surface area is 148 Å². The molecule has 0 N–H and O–H groups in total. The van der Waals surface area contributed by atoms with Gasteiger partial charge in [-0.3, -0.25) is 4.79 Å². The number of nitrogens with zero attached hydrogens (tertiary/aromatic N) is 4. The van der Waals surface area contributed by atoms with E-state index in [0.717, 1.165) is 39.9 Å². The predicted octanol–water partition coefficient (Wildman–Crippen LogP) is 3.98. The van der Waals surface area contributed by atoms with Crippen molar-refractivity contribution < 1.29 is 0 Å². The van der Waals surface area contributed by atoms with Gasteiger partial charge in [0.05, 0.1) is 9.58 Å². The van der Waals surface area contributed by atoms with E-state index in [2.05, 4.69) is 23.0 Å². The van der Waals surface area contributed by atoms with Gasteiger partial charge in [0.2, 0.25) is 0 Å². The summed E-state index contributed by atoms with van der Waals surface area (Å²) in [7, 11) is 0. The number of anilines is 1. The molecule has 1 aliphatic rings. The number of hydrogen-bond acceptors (Lipinski definition) is 6. The molecule has 0 aromatic carbocycles. The third-order valence-electron chi connectivity index (χ3n) is 4.31. The molecule has 3 aromatic rings. The molecule has 126 valence electrons. The van der Waals surface area contributed by atoms with E-state index in [1.807, 2.05) is 11.4 Å². The van der Waals surface area contributed by atoms with Crippen molar-refractivity contribution in [2.45, 2.75) is 39.2 Å². The number of aromatic nitrogens is 3. The molecule has 4 rings (SSSR count). The highest BCUT2D eigenvalue weighted by molar-refractivity contribution is 7.23. The molecule has 0 unspecified atom stereocenters. The number of aryl methyl sites for hydroxylation is 1. The number of hydrogen-bond donors (Lipinski definition) is 0. The Morgan fingerprint density at radius 1 is 1.25 bits per heavy atom. The summed E-state index contributed by atoms with van der Waals surface area (Å²) in [5, 5.41) is 7.67. The van der Waals surface area contributed by atoms with Crippen LogP contribution in [0.4, 0.5) is 5.13 Å². The lowest BCUT2D eigenvalue weighted by molar-refractivity contribution is 0.573. The van der Waals surface area contributed by atoms with E-state index in [9.17, 15) is 4.79 Å². The molecule has 1 aliphatic heterocycles. The van der Waals surface area contributed by atoms with E-state index in [1.54, 1.807) is 27.4 Å². The summed E-state index contributed by atoms with van der Waals surface area (Å²) >= 11 is 3.27. The topological polar surface area (TPSA) is 51.0 Å². The first-order valence-corrected chi connectivity index (χ1v) is 10.2. The van der Waals surface area contributed by atoms with Gasteiger partial charge in [0.25, 0.3) is 5.56 Å². The van der Waals surface area contributed by atoms with Crippen molar-refractivity contribution in [1.29, 1.82) is 0 Å². The van der Waals surface area contributed by atoms with Crippen LogP contribution in [0, 0.1) is 0 Å². The van der Waals surface area contributed by atoms with Crippen LogP contribution in [0.25, 0.3) is 20.8 Å². The molecule has 0 radical (unpaired) electrons. The van der Waals surface area contributed by atoms with Crippen LogP contribution < -0.4 is 10.5 Å². The summed E-state index contributed by atoms with van der Waals surface area (Å²) in [5.41, 5.74) is 1.41. The molecule has 0 saturated carbocycles. The van der Waals surface area contributed by atoms with Crippen molar-refractivity contribution in [1.82, 2.24) is 14.8 Å². The van der Waals surface area contributed by atoms with Gasteiger partial charge in [-0.2, -0.15) is 5.10 Å². The van der Waals surface area contributed by atoms with Crippen LogP contribution in [-0.4, -0.2) is 27.9 Å². The Kier molecular flexibility index (Phi) is 4.37. The molecule has 4 heterocycles. The SMILES string of the molecule is CCCn1nc(-c2cccs2)c2sc(N3CCCCC3)nc2c1=O. The van der Waals surface area contributed by atoms with E-state index < -0.39 is 0 Å². The third kappa shape index (κ3) is 2.75. The largest absolute Gasteiger partial charge is 0.348 e. The first kappa shape index (κ1) is 15.8. The number of fused-ring (bicyclic) bond motifs is 1. The lowest BCUT2D eigenvalue weighted by Gasteiger charge is -2.25. The van der Waals surface area contributed by atoms with Crippen LogP contribution in [0.3, 0.4) is 0 Å².